The number of hydrogen-bond acceptors (Lipinski definition) is 12. The highest BCUT2D eigenvalue weighted by atomic mass is 16.7. The zero-order valence-corrected chi connectivity index (χ0v) is 41.5. The number of esters is 6. The zero-order valence-electron chi connectivity index (χ0n) is 41.5. The summed E-state index contributed by atoms with van der Waals surface area (Å²) < 4.78 is 35.2. The van der Waals surface area contributed by atoms with Gasteiger partial charge in [0.25, 0.3) is 0 Å². The molecule has 0 saturated heterocycles. The van der Waals surface area contributed by atoms with E-state index in [9.17, 15) is 28.8 Å². The number of allylic oxidation sites excluding steroid dienone is 4. The van der Waals surface area contributed by atoms with Gasteiger partial charge in [0.2, 0.25) is 6.10 Å². The highest BCUT2D eigenvalue weighted by Crippen LogP contribution is 2.54. The lowest BCUT2D eigenvalue weighted by molar-refractivity contribution is -0.212. The smallest absolute Gasteiger partial charge is 0.351 e. The van der Waals surface area contributed by atoms with E-state index in [-0.39, 0.29) is 32.1 Å². The standard InChI is InChI=1S/C53H84O12/c1-11-17-44(54)60-33-43(62-45(55)18-12-2)50(63-46(56)19-13-3)51(64-47(57)20-14-4)52(65-48(58)21-15-5)53(59)61-40-29-25-35(8)39(32-40)28-27-38-26-24-37(10)49-41(30-31-42(38)49)36(9)23-16-22-34(6)7/h27-28,34,36-37,40-43,49-52H,8,11-26,29-33H2,1-7,9-10H3/b38-27+,39-28-/t36-,37-,40+,41-,42-,43-,49-,50-,51+,52-/m1/s1. The molecule has 0 aliphatic heterocycles. The van der Waals surface area contributed by atoms with Crippen molar-refractivity contribution < 1.29 is 57.2 Å². The summed E-state index contributed by atoms with van der Waals surface area (Å²) >= 11 is 0. The molecule has 0 amide bonds. The van der Waals surface area contributed by atoms with Gasteiger partial charge in [-0.2, -0.15) is 0 Å². The molecule has 0 spiro atoms. The van der Waals surface area contributed by atoms with Crippen molar-refractivity contribution >= 4 is 35.8 Å². The van der Waals surface area contributed by atoms with E-state index in [1.54, 1.807) is 34.6 Å². The Morgan fingerprint density at radius 2 is 1.23 bits per heavy atom. The van der Waals surface area contributed by atoms with Crippen LogP contribution in [0.3, 0.4) is 0 Å². The van der Waals surface area contributed by atoms with Gasteiger partial charge in [-0.25, -0.2) is 4.79 Å². The second kappa shape index (κ2) is 28.9. The number of carbonyl (C=O) groups is 6. The predicted molar refractivity (Wildman–Crippen MR) is 250 cm³/mol. The molecule has 3 fully saturated rings. The van der Waals surface area contributed by atoms with Crippen molar-refractivity contribution in [2.45, 2.75) is 221 Å². The van der Waals surface area contributed by atoms with E-state index >= 15 is 0 Å². The van der Waals surface area contributed by atoms with Crippen LogP contribution in [0.15, 0.2) is 35.5 Å². The van der Waals surface area contributed by atoms with Crippen molar-refractivity contribution in [1.82, 2.24) is 0 Å². The Labute approximate surface area is 390 Å². The van der Waals surface area contributed by atoms with E-state index in [2.05, 4.69) is 46.4 Å². The lowest BCUT2D eigenvalue weighted by atomic mass is 9.66. The van der Waals surface area contributed by atoms with Crippen molar-refractivity contribution in [2.24, 2.45) is 35.5 Å². The molecule has 12 heteroatoms. The van der Waals surface area contributed by atoms with E-state index in [1.165, 1.54) is 44.1 Å². The fourth-order valence-corrected chi connectivity index (χ4v) is 9.94. The maximum atomic E-state index is 14.6. The summed E-state index contributed by atoms with van der Waals surface area (Å²) in [4.78, 5) is 80.4. The molecule has 0 unspecified atom stereocenters. The van der Waals surface area contributed by atoms with Crippen molar-refractivity contribution in [2.75, 3.05) is 6.61 Å². The first-order valence-corrected chi connectivity index (χ1v) is 25.3. The molecule has 0 aromatic heterocycles. The van der Waals surface area contributed by atoms with Crippen molar-refractivity contribution in [3.8, 4) is 0 Å². The molecular formula is C53H84O12. The van der Waals surface area contributed by atoms with Gasteiger partial charge in [0.15, 0.2) is 18.3 Å². The summed E-state index contributed by atoms with van der Waals surface area (Å²) in [7, 11) is 0. The Hall–Kier alpha value is -3.96. The minimum atomic E-state index is -1.93. The van der Waals surface area contributed by atoms with Crippen molar-refractivity contribution in [3.05, 3.63) is 35.5 Å². The second-order valence-corrected chi connectivity index (χ2v) is 19.4. The largest absolute Gasteiger partial charge is 0.462 e. The van der Waals surface area contributed by atoms with Gasteiger partial charge in [-0.05, 0) is 112 Å². The first-order valence-electron chi connectivity index (χ1n) is 25.3. The molecule has 0 bridgehead atoms. The van der Waals surface area contributed by atoms with Crippen LogP contribution in [0.5, 0.6) is 0 Å². The van der Waals surface area contributed by atoms with Gasteiger partial charge in [0.05, 0.1) is 0 Å². The van der Waals surface area contributed by atoms with Crippen LogP contribution in [0, 0.1) is 35.5 Å². The van der Waals surface area contributed by atoms with Crippen LogP contribution in [-0.2, 0) is 57.2 Å². The van der Waals surface area contributed by atoms with Crippen LogP contribution >= 0.6 is 0 Å². The zero-order chi connectivity index (χ0) is 48.1. The molecule has 3 aliphatic rings. The number of hydrogen-bond donors (Lipinski definition) is 0. The van der Waals surface area contributed by atoms with E-state index in [0.29, 0.717) is 75.0 Å². The van der Waals surface area contributed by atoms with Gasteiger partial charge in [0.1, 0.15) is 12.7 Å². The molecule has 368 valence electrons. The number of rotatable bonds is 27. The van der Waals surface area contributed by atoms with Crippen LogP contribution in [0.2, 0.25) is 0 Å². The van der Waals surface area contributed by atoms with E-state index in [1.807, 2.05) is 0 Å². The minimum absolute atomic E-state index is 0.0234. The topological polar surface area (TPSA) is 158 Å². The molecule has 3 rings (SSSR count). The molecule has 0 aromatic carbocycles. The van der Waals surface area contributed by atoms with Gasteiger partial charge in [-0.3, -0.25) is 24.0 Å². The van der Waals surface area contributed by atoms with Crippen LogP contribution in [0.4, 0.5) is 0 Å². The highest BCUT2D eigenvalue weighted by molar-refractivity contribution is 5.81. The molecule has 3 aliphatic carbocycles. The molecular weight excluding hydrogens is 829 g/mol. The summed E-state index contributed by atoms with van der Waals surface area (Å²) in [5.74, 6) is -0.513. The van der Waals surface area contributed by atoms with Crippen LogP contribution < -0.4 is 0 Å². The quantitative estimate of drug-likeness (QED) is 0.0568. The number of carbonyl (C=O) groups excluding carboxylic acids is 6. The molecule has 0 radical (unpaired) electrons. The Morgan fingerprint density at radius 3 is 1.83 bits per heavy atom. The fourth-order valence-electron chi connectivity index (χ4n) is 9.94. The minimum Gasteiger partial charge on any atom is -0.462 e. The summed E-state index contributed by atoms with van der Waals surface area (Å²) in [6.07, 6.45) is 8.54. The lowest BCUT2D eigenvalue weighted by Gasteiger charge is -2.39. The normalized spacial score (nSPS) is 24.3. The summed E-state index contributed by atoms with van der Waals surface area (Å²) in [5.41, 5.74) is 3.43. The third kappa shape index (κ3) is 18.0. The summed E-state index contributed by atoms with van der Waals surface area (Å²) in [5, 5.41) is 0. The Kier molecular flexibility index (Phi) is 24.7. The fraction of sp³-hybridized carbons (Fsp3) is 0.774. The molecule has 0 heterocycles. The third-order valence-electron chi connectivity index (χ3n) is 13.4. The summed E-state index contributed by atoms with van der Waals surface area (Å²) in [6.45, 7) is 22.2. The SMILES string of the molecule is C=C1CC[C@H](OC(=O)[C@H](OC(=O)CCC)[C@@H](OC(=O)CCC)[C@H](OC(=O)CCC)[C@@H](COC(=O)CCC)OC(=O)CCC)C/C1=C/C=C1\CC[C@@H](C)[C@@H]2[C@@H]([C@H](C)CCCC(C)C)CC[C@H]12. The van der Waals surface area contributed by atoms with Crippen molar-refractivity contribution in [1.29, 1.82) is 0 Å². The van der Waals surface area contributed by atoms with E-state index < -0.39 is 72.9 Å². The van der Waals surface area contributed by atoms with E-state index in [4.69, 9.17) is 28.4 Å². The maximum Gasteiger partial charge on any atom is 0.351 e. The predicted octanol–water partition coefficient (Wildman–Crippen LogP) is 11.2. The Balaban J connectivity index is 2.00. The molecule has 65 heavy (non-hydrogen) atoms. The summed E-state index contributed by atoms with van der Waals surface area (Å²) in [6, 6.07) is 0. The van der Waals surface area contributed by atoms with Gasteiger partial charge < -0.3 is 28.4 Å². The Morgan fingerprint density at radius 1 is 0.662 bits per heavy atom. The average Bonchev–Trinajstić information content (AvgIpc) is 3.71. The number of ether oxygens (including phenoxy) is 6. The highest BCUT2D eigenvalue weighted by Gasteiger charge is 2.49. The average molecular weight is 913 g/mol. The van der Waals surface area contributed by atoms with E-state index in [0.717, 1.165) is 29.4 Å². The number of fused-ring (bicyclic) bond motifs is 1. The molecule has 12 nitrogen and oxygen atoms in total. The Bertz CT molecular complexity index is 1630. The monoisotopic (exact) mass is 913 g/mol. The third-order valence-corrected chi connectivity index (χ3v) is 13.4. The van der Waals surface area contributed by atoms with Gasteiger partial charge in [-0.15, -0.1) is 0 Å². The van der Waals surface area contributed by atoms with Gasteiger partial charge >= 0.3 is 35.8 Å². The first kappa shape index (κ1) is 55.4. The van der Waals surface area contributed by atoms with Crippen molar-refractivity contribution in [3.63, 3.8) is 0 Å². The molecule has 3 saturated carbocycles. The lowest BCUT2D eigenvalue weighted by Crippen LogP contribution is -2.56. The maximum absolute atomic E-state index is 14.6. The van der Waals surface area contributed by atoms with Crippen LogP contribution in [0.25, 0.3) is 0 Å². The first-order chi connectivity index (χ1) is 31.1. The van der Waals surface area contributed by atoms with Crippen LogP contribution in [0.1, 0.15) is 191 Å². The van der Waals surface area contributed by atoms with Gasteiger partial charge in [0, 0.05) is 38.5 Å². The molecule has 0 aromatic rings. The van der Waals surface area contributed by atoms with Gasteiger partial charge in [-0.1, -0.05) is 111 Å². The molecule has 10 atom stereocenters. The molecule has 0 N–H and O–H groups in total. The van der Waals surface area contributed by atoms with Crippen LogP contribution in [-0.4, -0.2) is 72.9 Å². The second-order valence-electron chi connectivity index (χ2n) is 19.4.